The van der Waals surface area contributed by atoms with Crippen LogP contribution in [0.3, 0.4) is 0 Å². The molecule has 0 bridgehead atoms. The first-order valence-electron chi connectivity index (χ1n) is 13.3. The molecule has 5 nitrogen and oxygen atoms in total. The summed E-state index contributed by atoms with van der Waals surface area (Å²) in [6.45, 7) is 10.8. The van der Waals surface area contributed by atoms with Crippen molar-refractivity contribution in [3.8, 4) is 11.5 Å². The van der Waals surface area contributed by atoms with Gasteiger partial charge < -0.3 is 9.47 Å². The van der Waals surface area contributed by atoms with E-state index in [4.69, 9.17) is 13.1 Å². The Balaban J connectivity index is 2.14. The Labute approximate surface area is 255 Å². The number of rotatable bonds is 8. The number of ether oxygens (including phenoxy) is 2. The van der Waals surface area contributed by atoms with E-state index in [0.29, 0.717) is 0 Å². The summed E-state index contributed by atoms with van der Waals surface area (Å²) in [5.41, 5.74) is -1.45. The highest BCUT2D eigenvalue weighted by molar-refractivity contribution is 8.33. The minimum absolute atomic E-state index is 0.142. The van der Waals surface area contributed by atoms with Gasteiger partial charge in [-0.25, -0.2) is 25.6 Å². The van der Waals surface area contributed by atoms with Crippen molar-refractivity contribution in [1.29, 1.82) is 0 Å². The van der Waals surface area contributed by atoms with E-state index in [9.17, 15) is 30.4 Å². The topological polar surface area (TPSA) is 61.8 Å². The number of benzene rings is 4. The van der Waals surface area contributed by atoms with Crippen molar-refractivity contribution in [1.82, 2.24) is 0 Å². The Morgan fingerprint density at radius 2 is 0.886 bits per heavy atom. The monoisotopic (exact) mass is 654 g/mol. The fourth-order valence-corrected chi connectivity index (χ4v) is 9.63. The lowest BCUT2D eigenvalue weighted by Gasteiger charge is -2.40. The van der Waals surface area contributed by atoms with Crippen molar-refractivity contribution in [2.45, 2.75) is 72.3 Å². The highest BCUT2D eigenvalue weighted by Crippen LogP contribution is 2.71. The van der Waals surface area contributed by atoms with Crippen LogP contribution < -0.4 is 9.47 Å². The SMILES string of the molecule is CC(C)(C)Oc1cc(OC(C)(C)C)cc(S(OS(=O)(=O)c2c(F)c(F)c(F)c(F)c2F)(c2ccccc2)c2ccccc2)c1. The van der Waals surface area contributed by atoms with Crippen LogP contribution in [0.1, 0.15) is 41.5 Å². The van der Waals surface area contributed by atoms with Gasteiger partial charge in [0.15, 0.2) is 28.2 Å². The van der Waals surface area contributed by atoms with Gasteiger partial charge in [0.1, 0.15) is 22.7 Å². The molecule has 0 saturated heterocycles. The van der Waals surface area contributed by atoms with Crippen LogP contribution in [0.25, 0.3) is 0 Å². The summed E-state index contributed by atoms with van der Waals surface area (Å²) < 4.78 is 118. The maximum Gasteiger partial charge on any atom is 0.313 e. The first-order chi connectivity index (χ1) is 20.4. The summed E-state index contributed by atoms with van der Waals surface area (Å²) in [6.07, 6.45) is 0. The molecule has 0 aliphatic rings. The fraction of sp³-hybridized carbons (Fsp3) is 0.250. The first-order valence-corrected chi connectivity index (χ1v) is 16.3. The minimum Gasteiger partial charge on any atom is -0.488 e. The smallest absolute Gasteiger partial charge is 0.313 e. The average Bonchev–Trinajstić information content (AvgIpc) is 2.92. The van der Waals surface area contributed by atoms with Gasteiger partial charge in [0.25, 0.3) is 0 Å². The molecule has 0 atom stereocenters. The molecule has 0 N–H and O–H groups in total. The molecule has 4 rings (SSSR count). The lowest BCUT2D eigenvalue weighted by atomic mass is 10.2. The zero-order valence-electron chi connectivity index (χ0n) is 24.8. The van der Waals surface area contributed by atoms with Gasteiger partial charge in [-0.05, 0) is 88.2 Å². The summed E-state index contributed by atoms with van der Waals surface area (Å²) in [5, 5.41) is 0. The Bertz CT molecular complexity index is 1670. The second kappa shape index (κ2) is 12.1. The second-order valence-corrected chi connectivity index (χ2v) is 16.1. The maximum atomic E-state index is 15.0. The Hall–Kier alpha value is -3.61. The fourth-order valence-electron chi connectivity index (χ4n) is 4.26. The van der Waals surface area contributed by atoms with Gasteiger partial charge in [0.05, 0.1) is 0 Å². The number of hydrogen-bond donors (Lipinski definition) is 0. The van der Waals surface area contributed by atoms with Gasteiger partial charge in [-0.15, -0.1) is 0 Å². The Kier molecular flexibility index (Phi) is 9.12. The Morgan fingerprint density at radius 1 is 0.523 bits per heavy atom. The number of halogens is 5. The molecule has 0 aliphatic carbocycles. The molecule has 0 amide bonds. The molecule has 0 saturated carbocycles. The van der Waals surface area contributed by atoms with Gasteiger partial charge in [0.2, 0.25) is 5.82 Å². The van der Waals surface area contributed by atoms with Crippen molar-refractivity contribution in [3.05, 3.63) is 108 Å². The third kappa shape index (κ3) is 6.87. The average molecular weight is 655 g/mol. The molecule has 0 aromatic heterocycles. The molecule has 0 heterocycles. The second-order valence-electron chi connectivity index (χ2n) is 11.7. The van der Waals surface area contributed by atoms with E-state index in [2.05, 4.69) is 0 Å². The van der Waals surface area contributed by atoms with E-state index in [1.807, 2.05) is 0 Å². The quantitative estimate of drug-likeness (QED) is 0.108. The van der Waals surface area contributed by atoms with Crippen molar-refractivity contribution in [3.63, 3.8) is 0 Å². The molecule has 0 spiro atoms. The maximum absolute atomic E-state index is 15.0. The van der Waals surface area contributed by atoms with Crippen LogP contribution in [0.15, 0.2) is 98.4 Å². The largest absolute Gasteiger partial charge is 0.488 e. The molecule has 44 heavy (non-hydrogen) atoms. The van der Waals surface area contributed by atoms with E-state index in [1.165, 1.54) is 36.4 Å². The minimum atomic E-state index is -5.72. The molecule has 0 radical (unpaired) electrons. The summed E-state index contributed by atoms with van der Waals surface area (Å²) in [7, 11) is -9.31. The molecule has 0 aliphatic heterocycles. The van der Waals surface area contributed by atoms with Gasteiger partial charge in [-0.2, -0.15) is 8.42 Å². The third-order valence-electron chi connectivity index (χ3n) is 5.79. The molecular formula is C32H31F5O5S2. The number of hydrogen-bond acceptors (Lipinski definition) is 5. The van der Waals surface area contributed by atoms with E-state index >= 15 is 0 Å². The standard InChI is InChI=1S/C32H31F5O5S2/c1-31(2,3)40-20-17-21(41-32(4,5)6)19-24(18-20)43(22-13-9-7-10-14-22,23-15-11-8-12-16-23)42-44(38,39)30-28(36)26(34)25(33)27(35)29(30)37/h7-19H,1-6H3. The van der Waals surface area contributed by atoms with Gasteiger partial charge in [-0.3, -0.25) is 0 Å². The lowest BCUT2D eigenvalue weighted by molar-refractivity contribution is 0.120. The van der Waals surface area contributed by atoms with E-state index in [0.717, 1.165) is 0 Å². The van der Waals surface area contributed by atoms with Crippen LogP contribution in [-0.2, 0) is 13.7 Å². The van der Waals surface area contributed by atoms with Crippen molar-refractivity contribution < 1.29 is 43.5 Å². The van der Waals surface area contributed by atoms with Crippen molar-refractivity contribution in [2.24, 2.45) is 0 Å². The predicted octanol–water partition coefficient (Wildman–Crippen LogP) is 9.34. The Morgan fingerprint density at radius 3 is 1.25 bits per heavy atom. The van der Waals surface area contributed by atoms with E-state index in [1.54, 1.807) is 84.0 Å². The van der Waals surface area contributed by atoms with E-state index in [-0.39, 0.29) is 26.2 Å². The molecular weight excluding hydrogens is 623 g/mol. The van der Waals surface area contributed by atoms with Crippen LogP contribution in [0.4, 0.5) is 22.0 Å². The summed E-state index contributed by atoms with van der Waals surface area (Å²) in [4.78, 5) is -1.50. The summed E-state index contributed by atoms with van der Waals surface area (Å²) in [6, 6.07) is 20.5. The summed E-state index contributed by atoms with van der Waals surface area (Å²) >= 11 is 0. The van der Waals surface area contributed by atoms with Crippen molar-refractivity contribution in [2.75, 3.05) is 0 Å². The molecule has 0 unspecified atom stereocenters. The van der Waals surface area contributed by atoms with Crippen LogP contribution in [0.2, 0.25) is 0 Å². The van der Waals surface area contributed by atoms with Crippen LogP contribution in [0.5, 0.6) is 11.5 Å². The van der Waals surface area contributed by atoms with Crippen LogP contribution in [-0.4, -0.2) is 19.6 Å². The predicted molar refractivity (Wildman–Crippen MR) is 157 cm³/mol. The first kappa shape index (κ1) is 33.3. The molecule has 4 aromatic carbocycles. The van der Waals surface area contributed by atoms with Crippen LogP contribution in [0, 0.1) is 29.1 Å². The van der Waals surface area contributed by atoms with Crippen molar-refractivity contribution >= 4 is 20.4 Å². The summed E-state index contributed by atoms with van der Waals surface area (Å²) in [5.74, 6) is -11.9. The lowest BCUT2D eigenvalue weighted by Crippen LogP contribution is -2.25. The molecule has 236 valence electrons. The van der Waals surface area contributed by atoms with Gasteiger partial charge >= 0.3 is 10.1 Å². The zero-order chi connectivity index (χ0) is 32.7. The van der Waals surface area contributed by atoms with Gasteiger partial charge in [0, 0.05) is 20.8 Å². The zero-order valence-corrected chi connectivity index (χ0v) is 26.4. The highest BCUT2D eigenvalue weighted by Gasteiger charge is 2.43. The van der Waals surface area contributed by atoms with E-state index < -0.39 is 65.6 Å². The van der Waals surface area contributed by atoms with Crippen LogP contribution >= 0.6 is 10.3 Å². The normalized spacial score (nSPS) is 13.1. The molecule has 12 heteroatoms. The molecule has 0 fully saturated rings. The molecule has 4 aromatic rings. The third-order valence-corrected chi connectivity index (χ3v) is 11.0. The highest BCUT2D eigenvalue weighted by atomic mass is 32.3. The van der Waals surface area contributed by atoms with Gasteiger partial charge in [-0.1, -0.05) is 36.4 Å².